The Morgan fingerprint density at radius 1 is 1.18 bits per heavy atom. The third-order valence-electron chi connectivity index (χ3n) is 4.04. The Morgan fingerprint density at radius 3 is 2.23 bits per heavy atom. The van der Waals surface area contributed by atoms with Crippen molar-refractivity contribution in [3.8, 4) is 0 Å². The number of benzene rings is 1. The molecule has 0 aromatic heterocycles. The zero-order chi connectivity index (χ0) is 16.7. The van der Waals surface area contributed by atoms with Gasteiger partial charge in [0.05, 0.1) is 16.9 Å². The third-order valence-corrected chi connectivity index (χ3v) is 4.04. The van der Waals surface area contributed by atoms with Crippen molar-refractivity contribution in [2.24, 2.45) is 0 Å². The molecule has 2 rings (SSSR count). The molecule has 1 aromatic carbocycles. The predicted octanol–water partition coefficient (Wildman–Crippen LogP) is 2.39. The molecule has 1 heterocycles. The molecule has 1 aromatic rings. The number of nitrogens with one attached hydrogen (secondary N) is 1. The Bertz CT molecular complexity index is 615. The summed E-state index contributed by atoms with van der Waals surface area (Å²) in [7, 11) is -0.981. The number of carbonyl (C=O) groups is 1. The van der Waals surface area contributed by atoms with Gasteiger partial charge in [-0.2, -0.15) is 0 Å². The largest absolute Gasteiger partial charge is 0.497 e. The van der Waals surface area contributed by atoms with Crippen molar-refractivity contribution in [1.82, 2.24) is 0 Å². The minimum atomic E-state index is -0.981. The van der Waals surface area contributed by atoms with Crippen molar-refractivity contribution < 1.29 is 22.9 Å². The maximum atomic E-state index is 14.1. The minimum absolute atomic E-state index is 0.0272. The standard InChI is InChI=1S/C15H18BF2NO3/c1-6-13(20)19-12-7-9(10(17)8-11(12)18)16-21-14(2,3)15(4,5)22-16/h6-8H,1H2,2-5H3,(H,19,20). The van der Waals surface area contributed by atoms with Gasteiger partial charge >= 0.3 is 7.12 Å². The van der Waals surface area contributed by atoms with Gasteiger partial charge in [-0.25, -0.2) is 8.78 Å². The van der Waals surface area contributed by atoms with Crippen LogP contribution in [0.2, 0.25) is 0 Å². The molecule has 1 amide bonds. The van der Waals surface area contributed by atoms with Crippen molar-refractivity contribution in [2.75, 3.05) is 5.32 Å². The van der Waals surface area contributed by atoms with Crippen LogP contribution in [0.4, 0.5) is 14.5 Å². The highest BCUT2D eigenvalue weighted by molar-refractivity contribution is 6.62. The van der Waals surface area contributed by atoms with Gasteiger partial charge in [-0.3, -0.25) is 4.79 Å². The quantitative estimate of drug-likeness (QED) is 0.689. The van der Waals surface area contributed by atoms with Gasteiger partial charge in [0.25, 0.3) is 0 Å². The van der Waals surface area contributed by atoms with Gasteiger partial charge in [-0.1, -0.05) is 6.58 Å². The summed E-state index contributed by atoms with van der Waals surface area (Å²) in [6.45, 7) is 10.6. The van der Waals surface area contributed by atoms with Crippen LogP contribution in [0.25, 0.3) is 0 Å². The number of halogens is 2. The molecule has 0 bridgehead atoms. The molecule has 0 radical (unpaired) electrons. The molecule has 0 unspecified atom stereocenters. The van der Waals surface area contributed by atoms with Crippen molar-refractivity contribution in [3.63, 3.8) is 0 Å². The second-order valence-electron chi connectivity index (χ2n) is 6.14. The summed E-state index contributed by atoms with van der Waals surface area (Å²) in [4.78, 5) is 11.3. The number of amides is 1. The van der Waals surface area contributed by atoms with Crippen LogP contribution >= 0.6 is 0 Å². The molecule has 0 atom stereocenters. The van der Waals surface area contributed by atoms with E-state index in [0.717, 1.165) is 6.08 Å². The first-order valence-corrected chi connectivity index (χ1v) is 6.85. The highest BCUT2D eigenvalue weighted by atomic mass is 19.1. The molecule has 1 fully saturated rings. The molecule has 4 nitrogen and oxygen atoms in total. The van der Waals surface area contributed by atoms with Crippen LogP contribution in [0.3, 0.4) is 0 Å². The maximum absolute atomic E-state index is 14.1. The van der Waals surface area contributed by atoms with Crippen molar-refractivity contribution >= 4 is 24.2 Å². The summed E-state index contributed by atoms with van der Waals surface area (Å²) in [5.41, 5.74) is -1.43. The van der Waals surface area contributed by atoms with E-state index in [4.69, 9.17) is 9.31 Å². The molecule has 7 heteroatoms. The van der Waals surface area contributed by atoms with Crippen LogP contribution in [-0.4, -0.2) is 24.2 Å². The molecule has 0 saturated carbocycles. The number of carbonyl (C=O) groups excluding carboxylic acids is 1. The first-order chi connectivity index (χ1) is 10.1. The average molecular weight is 309 g/mol. The molecule has 1 saturated heterocycles. The lowest BCUT2D eigenvalue weighted by atomic mass is 9.78. The van der Waals surface area contributed by atoms with E-state index in [0.29, 0.717) is 6.07 Å². The van der Waals surface area contributed by atoms with Crippen molar-refractivity contribution in [2.45, 2.75) is 38.9 Å². The summed E-state index contributed by atoms with van der Waals surface area (Å²) < 4.78 is 39.3. The average Bonchev–Trinajstić information content (AvgIpc) is 2.61. The molecule has 0 spiro atoms. The molecule has 118 valence electrons. The molecular weight excluding hydrogens is 291 g/mol. The minimum Gasteiger partial charge on any atom is -0.399 e. The highest BCUT2D eigenvalue weighted by Crippen LogP contribution is 2.36. The van der Waals surface area contributed by atoms with Crippen LogP contribution in [0.15, 0.2) is 24.8 Å². The van der Waals surface area contributed by atoms with Gasteiger partial charge < -0.3 is 14.6 Å². The molecule has 1 aliphatic heterocycles. The summed E-state index contributed by atoms with van der Waals surface area (Å²) >= 11 is 0. The monoisotopic (exact) mass is 309 g/mol. The normalized spacial score (nSPS) is 19.1. The lowest BCUT2D eigenvalue weighted by Gasteiger charge is -2.32. The molecule has 1 N–H and O–H groups in total. The van der Waals surface area contributed by atoms with Crippen LogP contribution in [0.5, 0.6) is 0 Å². The summed E-state index contributed by atoms with van der Waals surface area (Å²) in [5.74, 6) is -2.27. The second kappa shape index (κ2) is 5.48. The summed E-state index contributed by atoms with van der Waals surface area (Å²) in [6.07, 6.45) is 0.997. The Labute approximate surface area is 128 Å². The number of hydrogen-bond donors (Lipinski definition) is 1. The Hall–Kier alpha value is -1.73. The first kappa shape index (κ1) is 16.6. The van der Waals surface area contributed by atoms with Crippen molar-refractivity contribution in [3.05, 3.63) is 36.4 Å². The molecule has 22 heavy (non-hydrogen) atoms. The number of rotatable bonds is 3. The second-order valence-corrected chi connectivity index (χ2v) is 6.14. The SMILES string of the molecule is C=CC(=O)Nc1cc(B2OC(C)(C)C(C)(C)O2)c(F)cc1F. The molecular formula is C15H18BF2NO3. The van der Waals surface area contributed by atoms with Gasteiger partial charge in [0, 0.05) is 11.5 Å². The van der Waals surface area contributed by atoms with Gasteiger partial charge in [-0.05, 0) is 39.8 Å². The fraction of sp³-hybridized carbons (Fsp3) is 0.400. The van der Waals surface area contributed by atoms with E-state index in [2.05, 4.69) is 11.9 Å². The van der Waals surface area contributed by atoms with E-state index in [1.807, 2.05) is 27.7 Å². The Morgan fingerprint density at radius 2 is 1.73 bits per heavy atom. The van der Waals surface area contributed by atoms with E-state index >= 15 is 0 Å². The van der Waals surface area contributed by atoms with Gasteiger partial charge in [0.2, 0.25) is 5.91 Å². The van der Waals surface area contributed by atoms with E-state index in [1.165, 1.54) is 6.07 Å². The number of hydrogen-bond acceptors (Lipinski definition) is 3. The molecule has 1 aliphatic rings. The fourth-order valence-electron chi connectivity index (χ4n) is 2.00. The topological polar surface area (TPSA) is 47.6 Å². The van der Waals surface area contributed by atoms with Gasteiger partial charge in [-0.15, -0.1) is 0 Å². The van der Waals surface area contributed by atoms with Crippen molar-refractivity contribution in [1.29, 1.82) is 0 Å². The number of anilines is 1. The third kappa shape index (κ3) is 2.91. The summed E-state index contributed by atoms with van der Waals surface area (Å²) in [6, 6.07) is 1.87. The predicted molar refractivity (Wildman–Crippen MR) is 80.9 cm³/mol. The van der Waals surface area contributed by atoms with Crippen LogP contribution in [0, 0.1) is 11.6 Å². The van der Waals surface area contributed by atoms with Gasteiger partial charge in [0.1, 0.15) is 11.6 Å². The van der Waals surface area contributed by atoms with E-state index in [1.54, 1.807) is 0 Å². The van der Waals surface area contributed by atoms with Crippen LogP contribution < -0.4 is 10.8 Å². The first-order valence-electron chi connectivity index (χ1n) is 6.85. The summed E-state index contributed by atoms with van der Waals surface area (Å²) in [5, 5.41) is 2.28. The lowest BCUT2D eigenvalue weighted by molar-refractivity contribution is -0.111. The zero-order valence-corrected chi connectivity index (χ0v) is 13.0. The van der Waals surface area contributed by atoms with E-state index < -0.39 is 35.9 Å². The van der Waals surface area contributed by atoms with Crippen LogP contribution in [-0.2, 0) is 14.1 Å². The van der Waals surface area contributed by atoms with E-state index in [-0.39, 0.29) is 11.2 Å². The van der Waals surface area contributed by atoms with Crippen LogP contribution in [0.1, 0.15) is 27.7 Å². The smallest absolute Gasteiger partial charge is 0.399 e. The molecule has 0 aliphatic carbocycles. The Balaban J connectivity index is 2.38. The fourth-order valence-corrected chi connectivity index (χ4v) is 2.00. The highest BCUT2D eigenvalue weighted by Gasteiger charge is 2.52. The van der Waals surface area contributed by atoms with E-state index in [9.17, 15) is 13.6 Å². The zero-order valence-electron chi connectivity index (χ0n) is 13.0. The maximum Gasteiger partial charge on any atom is 0.497 e. The Kier molecular flexibility index (Phi) is 4.15. The lowest BCUT2D eigenvalue weighted by Crippen LogP contribution is -2.41. The van der Waals surface area contributed by atoms with Gasteiger partial charge in [0.15, 0.2) is 0 Å².